The van der Waals surface area contributed by atoms with Crippen molar-refractivity contribution in [2.45, 2.75) is 25.4 Å². The Kier molecular flexibility index (Phi) is 3.80. The number of aromatic nitrogens is 2. The average molecular weight is 331 g/mol. The van der Waals surface area contributed by atoms with Crippen LogP contribution in [-0.4, -0.2) is 40.7 Å². The molecule has 4 rings (SSSR count). The Bertz CT molecular complexity index is 763. The van der Waals surface area contributed by atoms with Gasteiger partial charge in [0.1, 0.15) is 5.82 Å². The first kappa shape index (κ1) is 15.3. The number of rotatable bonds is 3. The van der Waals surface area contributed by atoms with Gasteiger partial charge >= 0.3 is 0 Å². The highest BCUT2D eigenvalue weighted by molar-refractivity contribution is 5.83. The predicted octanol–water partition coefficient (Wildman–Crippen LogP) is 2.22. The lowest BCUT2D eigenvalue weighted by Gasteiger charge is -2.31. The van der Waals surface area contributed by atoms with E-state index in [-0.39, 0.29) is 29.7 Å². The number of amides is 1. The molecule has 2 aliphatic rings. The Balaban J connectivity index is 1.42. The summed E-state index contributed by atoms with van der Waals surface area (Å²) in [4.78, 5) is 14.5. The first-order valence-corrected chi connectivity index (χ1v) is 8.07. The molecule has 3 atom stereocenters. The molecule has 1 aromatic heterocycles. The molecule has 1 aromatic carbocycles. The second kappa shape index (κ2) is 5.98. The van der Waals surface area contributed by atoms with E-state index >= 15 is 0 Å². The van der Waals surface area contributed by atoms with Crippen LogP contribution in [0.3, 0.4) is 0 Å². The third-order valence-electron chi connectivity index (χ3n) is 4.58. The third-order valence-corrected chi connectivity index (χ3v) is 4.58. The van der Waals surface area contributed by atoms with Gasteiger partial charge in [-0.25, -0.2) is 4.39 Å². The second-order valence-electron chi connectivity index (χ2n) is 6.31. The van der Waals surface area contributed by atoms with Gasteiger partial charge in [0.05, 0.1) is 13.2 Å². The van der Waals surface area contributed by atoms with Crippen LogP contribution in [0.5, 0.6) is 0 Å². The van der Waals surface area contributed by atoms with Crippen LogP contribution < -0.4 is 0 Å². The summed E-state index contributed by atoms with van der Waals surface area (Å²) >= 11 is 0. The minimum atomic E-state index is -0.379. The molecule has 2 fully saturated rings. The number of hydrogen-bond acceptors (Lipinski definition) is 5. The van der Waals surface area contributed by atoms with Crippen molar-refractivity contribution >= 4 is 5.91 Å². The number of halogens is 1. The molecular weight excluding hydrogens is 313 g/mol. The van der Waals surface area contributed by atoms with Crippen molar-refractivity contribution < 1.29 is 18.3 Å². The minimum absolute atomic E-state index is 0.0741. The number of hydrogen-bond donors (Lipinski definition) is 0. The molecule has 1 aliphatic heterocycles. The van der Waals surface area contributed by atoms with E-state index in [0.29, 0.717) is 31.5 Å². The fraction of sp³-hybridized carbons (Fsp3) is 0.471. The SMILES string of the molecule is Cc1nnc([C@@H]2CN(C(=O)[C@H]3C[C@@H]3c3cccc(F)c3)CCO2)o1. The first-order valence-electron chi connectivity index (χ1n) is 8.07. The van der Waals surface area contributed by atoms with Crippen molar-refractivity contribution in [2.75, 3.05) is 19.7 Å². The summed E-state index contributed by atoms with van der Waals surface area (Å²) in [5.41, 5.74) is 0.894. The molecule has 0 unspecified atom stereocenters. The average Bonchev–Trinajstić information content (AvgIpc) is 3.28. The number of nitrogens with zero attached hydrogens (tertiary/aromatic N) is 3. The van der Waals surface area contributed by atoms with Crippen LogP contribution >= 0.6 is 0 Å². The third kappa shape index (κ3) is 2.91. The predicted molar refractivity (Wildman–Crippen MR) is 81.6 cm³/mol. The van der Waals surface area contributed by atoms with Crippen LogP contribution in [0, 0.1) is 18.7 Å². The molecule has 1 aliphatic carbocycles. The molecule has 1 saturated heterocycles. The molecule has 24 heavy (non-hydrogen) atoms. The van der Waals surface area contributed by atoms with E-state index in [0.717, 1.165) is 12.0 Å². The summed E-state index contributed by atoms with van der Waals surface area (Å²) in [6.45, 7) is 3.12. The molecule has 0 radical (unpaired) electrons. The Morgan fingerprint density at radius 3 is 3.00 bits per heavy atom. The fourth-order valence-electron chi connectivity index (χ4n) is 3.25. The Labute approximate surface area is 138 Å². The van der Waals surface area contributed by atoms with Gasteiger partial charge in [-0.2, -0.15) is 0 Å². The van der Waals surface area contributed by atoms with Gasteiger partial charge in [0, 0.05) is 19.4 Å². The molecule has 6 nitrogen and oxygen atoms in total. The molecule has 1 amide bonds. The zero-order chi connectivity index (χ0) is 16.7. The van der Waals surface area contributed by atoms with Crippen molar-refractivity contribution in [3.05, 3.63) is 47.4 Å². The van der Waals surface area contributed by atoms with Gasteiger partial charge < -0.3 is 14.1 Å². The van der Waals surface area contributed by atoms with Gasteiger partial charge in [0.2, 0.25) is 17.7 Å². The van der Waals surface area contributed by atoms with Crippen LogP contribution in [-0.2, 0) is 9.53 Å². The molecule has 126 valence electrons. The van der Waals surface area contributed by atoms with Crippen LogP contribution in [0.4, 0.5) is 4.39 Å². The second-order valence-corrected chi connectivity index (χ2v) is 6.31. The Morgan fingerprint density at radius 2 is 2.25 bits per heavy atom. The van der Waals surface area contributed by atoms with E-state index in [9.17, 15) is 9.18 Å². The summed E-state index contributed by atoms with van der Waals surface area (Å²) in [5, 5.41) is 7.78. The van der Waals surface area contributed by atoms with E-state index in [2.05, 4.69) is 10.2 Å². The highest BCUT2D eigenvalue weighted by Crippen LogP contribution is 2.48. The Morgan fingerprint density at radius 1 is 1.38 bits per heavy atom. The largest absolute Gasteiger partial charge is 0.423 e. The van der Waals surface area contributed by atoms with Gasteiger partial charge in [0.15, 0.2) is 6.10 Å². The van der Waals surface area contributed by atoms with Crippen LogP contribution in [0.1, 0.15) is 35.8 Å². The maximum absolute atomic E-state index is 13.3. The number of carbonyl (C=O) groups is 1. The van der Waals surface area contributed by atoms with E-state index in [1.807, 2.05) is 6.07 Å². The minimum Gasteiger partial charge on any atom is -0.423 e. The van der Waals surface area contributed by atoms with Gasteiger partial charge in [0.25, 0.3) is 0 Å². The maximum Gasteiger partial charge on any atom is 0.246 e. The first-order chi connectivity index (χ1) is 11.6. The zero-order valence-electron chi connectivity index (χ0n) is 13.3. The summed E-state index contributed by atoms with van der Waals surface area (Å²) in [7, 11) is 0. The van der Waals surface area contributed by atoms with Gasteiger partial charge in [-0.1, -0.05) is 12.1 Å². The summed E-state index contributed by atoms with van der Waals surface area (Å²) < 4.78 is 24.4. The van der Waals surface area contributed by atoms with Gasteiger partial charge in [-0.3, -0.25) is 4.79 Å². The van der Waals surface area contributed by atoms with E-state index < -0.39 is 0 Å². The number of aryl methyl sites for hydroxylation is 1. The normalized spacial score (nSPS) is 26.4. The van der Waals surface area contributed by atoms with Crippen LogP contribution in [0.15, 0.2) is 28.7 Å². The molecule has 7 heteroatoms. The fourth-order valence-corrected chi connectivity index (χ4v) is 3.25. The molecule has 2 aromatic rings. The van der Waals surface area contributed by atoms with Crippen molar-refractivity contribution in [3.63, 3.8) is 0 Å². The van der Waals surface area contributed by atoms with Crippen molar-refractivity contribution in [1.29, 1.82) is 0 Å². The Hall–Kier alpha value is -2.28. The highest BCUT2D eigenvalue weighted by atomic mass is 19.1. The molecule has 0 N–H and O–H groups in total. The molecule has 2 heterocycles. The maximum atomic E-state index is 13.3. The number of ether oxygens (including phenoxy) is 1. The highest BCUT2D eigenvalue weighted by Gasteiger charge is 2.46. The molecular formula is C17H18FN3O3. The summed E-state index contributed by atoms with van der Waals surface area (Å²) in [6.07, 6.45) is 0.388. The van der Waals surface area contributed by atoms with E-state index in [4.69, 9.17) is 9.15 Å². The molecule has 1 saturated carbocycles. The molecule has 0 spiro atoms. The summed E-state index contributed by atoms with van der Waals surface area (Å²) in [5.74, 6) is 0.751. The number of benzene rings is 1. The topological polar surface area (TPSA) is 68.5 Å². The van der Waals surface area contributed by atoms with Crippen molar-refractivity contribution in [1.82, 2.24) is 15.1 Å². The van der Waals surface area contributed by atoms with Crippen molar-refractivity contribution in [3.8, 4) is 0 Å². The number of carbonyl (C=O) groups excluding carboxylic acids is 1. The smallest absolute Gasteiger partial charge is 0.246 e. The quantitative estimate of drug-likeness (QED) is 0.863. The van der Waals surface area contributed by atoms with Crippen LogP contribution in [0.25, 0.3) is 0 Å². The van der Waals surface area contributed by atoms with Crippen molar-refractivity contribution in [2.24, 2.45) is 5.92 Å². The zero-order valence-corrected chi connectivity index (χ0v) is 13.3. The monoisotopic (exact) mass is 331 g/mol. The van der Waals surface area contributed by atoms with Crippen LogP contribution in [0.2, 0.25) is 0 Å². The van der Waals surface area contributed by atoms with Gasteiger partial charge in [-0.05, 0) is 30.0 Å². The number of morpholine rings is 1. The lowest BCUT2D eigenvalue weighted by molar-refractivity contribution is -0.141. The summed E-state index contributed by atoms with van der Waals surface area (Å²) in [6, 6.07) is 6.50. The molecule has 0 bridgehead atoms. The lowest BCUT2D eigenvalue weighted by atomic mass is 10.1. The van der Waals surface area contributed by atoms with E-state index in [1.54, 1.807) is 17.9 Å². The lowest BCUT2D eigenvalue weighted by Crippen LogP contribution is -2.43. The van der Waals surface area contributed by atoms with E-state index in [1.165, 1.54) is 12.1 Å². The standard InChI is InChI=1S/C17H18FN3O3/c1-10-19-20-16(24-10)15-9-21(5-6-23-15)17(22)14-8-13(14)11-3-2-4-12(18)7-11/h2-4,7,13-15H,5-6,8-9H2,1H3/t13-,14+,15+/m1/s1. The van der Waals surface area contributed by atoms with Gasteiger partial charge in [-0.15, -0.1) is 10.2 Å².